The van der Waals surface area contributed by atoms with Crippen molar-refractivity contribution in [1.29, 1.82) is 0 Å². The third-order valence-electron chi connectivity index (χ3n) is 2.06. The Morgan fingerprint density at radius 1 is 1.40 bits per heavy atom. The van der Waals surface area contributed by atoms with Crippen molar-refractivity contribution in [2.45, 2.75) is 32.1 Å². The monoisotopic (exact) mass is 320 g/mol. The van der Waals surface area contributed by atoms with Crippen LogP contribution >= 0.6 is 11.6 Å². The lowest BCUT2D eigenvalue weighted by Crippen LogP contribution is -2.27. The van der Waals surface area contributed by atoms with Crippen LogP contribution in [-0.2, 0) is 20.5 Å². The molecule has 20 heavy (non-hydrogen) atoms. The molecule has 0 radical (unpaired) electrons. The highest BCUT2D eigenvalue weighted by molar-refractivity contribution is 7.88. The highest BCUT2D eigenvalue weighted by atomic mass is 35.5. The Bertz CT molecular complexity index is 608. The Morgan fingerprint density at radius 3 is 2.50 bits per heavy atom. The van der Waals surface area contributed by atoms with Crippen LogP contribution in [-0.4, -0.2) is 20.1 Å². The van der Waals surface area contributed by atoms with Gasteiger partial charge in [-0.1, -0.05) is 11.6 Å². The zero-order valence-electron chi connectivity index (χ0n) is 11.4. The molecule has 0 aliphatic carbocycles. The van der Waals surface area contributed by atoms with Crippen LogP contribution in [0.5, 0.6) is 0 Å². The SMILES string of the molecule is CC(C)(C)OC(=O)Nc1ccc(Cl)cc1CS(N)(=O)=O. The first-order valence-corrected chi connectivity index (χ1v) is 7.84. The van der Waals surface area contributed by atoms with Crippen molar-refractivity contribution < 1.29 is 17.9 Å². The topological polar surface area (TPSA) is 98.5 Å². The molecule has 1 aromatic carbocycles. The molecular weight excluding hydrogens is 304 g/mol. The molecule has 3 N–H and O–H groups in total. The summed E-state index contributed by atoms with van der Waals surface area (Å²) >= 11 is 5.81. The molecule has 0 spiro atoms. The van der Waals surface area contributed by atoms with Gasteiger partial charge >= 0.3 is 6.09 Å². The number of rotatable bonds is 3. The quantitative estimate of drug-likeness (QED) is 0.893. The number of benzene rings is 1. The number of carbonyl (C=O) groups excluding carboxylic acids is 1. The zero-order chi connectivity index (χ0) is 15.6. The maximum atomic E-state index is 11.7. The molecule has 0 fully saturated rings. The highest BCUT2D eigenvalue weighted by Gasteiger charge is 2.18. The molecule has 1 aromatic rings. The largest absolute Gasteiger partial charge is 0.444 e. The van der Waals surface area contributed by atoms with E-state index in [1.165, 1.54) is 18.2 Å². The molecule has 8 heteroatoms. The predicted octanol–water partition coefficient (Wildman–Crippen LogP) is 2.48. The second-order valence-electron chi connectivity index (χ2n) is 5.24. The molecule has 0 heterocycles. The number of ether oxygens (including phenoxy) is 1. The number of amides is 1. The predicted molar refractivity (Wildman–Crippen MR) is 78.1 cm³/mol. The number of primary sulfonamides is 1. The summed E-state index contributed by atoms with van der Waals surface area (Å²) in [6.07, 6.45) is -0.685. The average Bonchev–Trinajstić information content (AvgIpc) is 2.17. The van der Waals surface area contributed by atoms with Crippen LogP contribution in [0, 0.1) is 0 Å². The number of carbonyl (C=O) groups is 1. The molecule has 0 bridgehead atoms. The van der Waals surface area contributed by atoms with Gasteiger partial charge in [-0.05, 0) is 44.5 Å². The number of nitrogens with two attached hydrogens (primary N) is 1. The molecule has 0 aliphatic rings. The van der Waals surface area contributed by atoms with Gasteiger partial charge in [0.1, 0.15) is 5.60 Å². The van der Waals surface area contributed by atoms with Crippen LogP contribution in [0.2, 0.25) is 5.02 Å². The van der Waals surface area contributed by atoms with Gasteiger partial charge in [-0.15, -0.1) is 0 Å². The van der Waals surface area contributed by atoms with Crippen LogP contribution in [0.3, 0.4) is 0 Å². The number of anilines is 1. The number of halogens is 1. The zero-order valence-corrected chi connectivity index (χ0v) is 13.0. The summed E-state index contributed by atoms with van der Waals surface area (Å²) in [5.74, 6) is -0.432. The summed E-state index contributed by atoms with van der Waals surface area (Å²) in [7, 11) is -3.74. The summed E-state index contributed by atoms with van der Waals surface area (Å²) in [5, 5.41) is 7.83. The normalized spacial score (nSPS) is 12.1. The molecule has 0 unspecified atom stereocenters. The van der Waals surface area contributed by atoms with Gasteiger partial charge in [0.2, 0.25) is 10.0 Å². The van der Waals surface area contributed by atoms with Gasteiger partial charge in [0, 0.05) is 10.7 Å². The van der Waals surface area contributed by atoms with Crippen molar-refractivity contribution in [1.82, 2.24) is 0 Å². The maximum Gasteiger partial charge on any atom is 0.412 e. The smallest absolute Gasteiger partial charge is 0.412 e. The fraction of sp³-hybridized carbons (Fsp3) is 0.417. The molecule has 112 valence electrons. The first kappa shape index (κ1) is 16.7. The van der Waals surface area contributed by atoms with E-state index in [4.69, 9.17) is 21.5 Å². The van der Waals surface area contributed by atoms with E-state index in [1.54, 1.807) is 20.8 Å². The maximum absolute atomic E-state index is 11.7. The van der Waals surface area contributed by atoms with Gasteiger partial charge in [0.15, 0.2) is 0 Å². The number of hydrogen-bond donors (Lipinski definition) is 2. The van der Waals surface area contributed by atoms with Crippen molar-refractivity contribution >= 4 is 33.4 Å². The lowest BCUT2D eigenvalue weighted by atomic mass is 10.2. The van der Waals surface area contributed by atoms with Crippen LogP contribution in [0.15, 0.2) is 18.2 Å². The Balaban J connectivity index is 2.98. The standard InChI is InChI=1S/C12H17ClN2O4S/c1-12(2,3)19-11(16)15-10-5-4-9(13)6-8(10)7-20(14,17)18/h4-6H,7H2,1-3H3,(H,15,16)(H2,14,17,18). The second-order valence-corrected chi connectivity index (χ2v) is 7.29. The molecule has 1 amide bonds. The first-order chi connectivity index (χ1) is 8.96. The number of sulfonamides is 1. The average molecular weight is 321 g/mol. The highest BCUT2D eigenvalue weighted by Crippen LogP contribution is 2.23. The van der Waals surface area contributed by atoms with Gasteiger partial charge in [-0.25, -0.2) is 18.4 Å². The van der Waals surface area contributed by atoms with Crippen LogP contribution in [0.1, 0.15) is 26.3 Å². The second kappa shape index (κ2) is 5.99. The lowest BCUT2D eigenvalue weighted by Gasteiger charge is -2.20. The van der Waals surface area contributed by atoms with Crippen molar-refractivity contribution in [3.8, 4) is 0 Å². The summed E-state index contributed by atoms with van der Waals surface area (Å²) in [6, 6.07) is 4.45. The fourth-order valence-corrected chi connectivity index (χ4v) is 2.30. The van der Waals surface area contributed by atoms with Crippen LogP contribution in [0.25, 0.3) is 0 Å². The molecule has 0 saturated carbocycles. The molecule has 0 aromatic heterocycles. The summed E-state index contributed by atoms with van der Waals surface area (Å²) in [6.45, 7) is 5.17. The van der Waals surface area contributed by atoms with E-state index in [2.05, 4.69) is 5.32 Å². The Morgan fingerprint density at radius 2 is 2.00 bits per heavy atom. The molecule has 6 nitrogen and oxygen atoms in total. The van der Waals surface area contributed by atoms with Crippen LogP contribution < -0.4 is 10.5 Å². The lowest BCUT2D eigenvalue weighted by molar-refractivity contribution is 0.0635. The minimum atomic E-state index is -3.74. The summed E-state index contributed by atoms with van der Waals surface area (Å²) < 4.78 is 27.4. The summed E-state index contributed by atoms with van der Waals surface area (Å²) in [4.78, 5) is 11.7. The van der Waals surface area contributed by atoms with Crippen molar-refractivity contribution in [2.24, 2.45) is 5.14 Å². The van der Waals surface area contributed by atoms with E-state index in [0.29, 0.717) is 10.6 Å². The molecule has 0 aliphatic heterocycles. The van der Waals surface area contributed by atoms with E-state index in [9.17, 15) is 13.2 Å². The molecule has 0 saturated heterocycles. The number of nitrogens with one attached hydrogen (secondary N) is 1. The third-order valence-corrected chi connectivity index (χ3v) is 3.01. The van der Waals surface area contributed by atoms with Crippen LogP contribution in [0.4, 0.5) is 10.5 Å². The Hall–Kier alpha value is -1.31. The van der Waals surface area contributed by atoms with E-state index in [-0.39, 0.29) is 5.69 Å². The van der Waals surface area contributed by atoms with Crippen molar-refractivity contribution in [3.05, 3.63) is 28.8 Å². The summed E-state index contributed by atoms with van der Waals surface area (Å²) in [5.41, 5.74) is -0.0695. The van der Waals surface area contributed by atoms with Gasteiger partial charge in [0.05, 0.1) is 5.75 Å². The minimum absolute atomic E-state index is 0.290. The van der Waals surface area contributed by atoms with Gasteiger partial charge in [-0.2, -0.15) is 0 Å². The molecular formula is C12H17ClN2O4S. The van der Waals surface area contributed by atoms with E-state index >= 15 is 0 Å². The van der Waals surface area contributed by atoms with Gasteiger partial charge in [0.25, 0.3) is 0 Å². The fourth-order valence-electron chi connectivity index (χ4n) is 1.43. The molecule has 1 rings (SSSR count). The Labute approximate surface area is 123 Å². The first-order valence-electron chi connectivity index (χ1n) is 5.75. The van der Waals surface area contributed by atoms with Gasteiger partial charge in [-0.3, -0.25) is 5.32 Å². The van der Waals surface area contributed by atoms with E-state index in [1.807, 2.05) is 0 Å². The minimum Gasteiger partial charge on any atom is -0.444 e. The Kier molecular flexibility index (Phi) is 5.01. The van der Waals surface area contributed by atoms with Crippen molar-refractivity contribution in [3.63, 3.8) is 0 Å². The van der Waals surface area contributed by atoms with Gasteiger partial charge < -0.3 is 4.74 Å². The third kappa shape index (κ3) is 6.23. The van der Waals surface area contributed by atoms with Crippen molar-refractivity contribution in [2.75, 3.05) is 5.32 Å². The van der Waals surface area contributed by atoms with E-state index in [0.717, 1.165) is 0 Å². The number of hydrogen-bond acceptors (Lipinski definition) is 4. The van der Waals surface area contributed by atoms with E-state index < -0.39 is 27.5 Å². The molecule has 0 atom stereocenters.